The lowest BCUT2D eigenvalue weighted by atomic mass is 10.0. The number of sulfonamides is 1. The van der Waals surface area contributed by atoms with Gasteiger partial charge in [-0.2, -0.15) is 17.5 Å². The molecule has 1 saturated carbocycles. The van der Waals surface area contributed by atoms with Crippen molar-refractivity contribution in [2.45, 2.75) is 54.6 Å². The minimum atomic E-state index is -4.73. The maximum absolute atomic E-state index is 15.0. The molecule has 1 N–H and O–H groups in total. The largest absolute Gasteiger partial charge is 0.451 e. The molecule has 2 fully saturated rings. The Morgan fingerprint density at radius 3 is 2.26 bits per heavy atom. The number of halogens is 6. The third-order valence-electron chi connectivity index (χ3n) is 6.91. The summed E-state index contributed by atoms with van der Waals surface area (Å²) in [6.07, 6.45) is -4.46. The first-order valence-corrected chi connectivity index (χ1v) is 13.2. The second-order valence-electron chi connectivity index (χ2n) is 9.39. The Morgan fingerprint density at radius 1 is 1.03 bits per heavy atom. The van der Waals surface area contributed by atoms with Gasteiger partial charge in [-0.1, -0.05) is 6.07 Å². The number of hydrogen-bond acceptors (Lipinski definition) is 5. The molecule has 0 bridgehead atoms. The summed E-state index contributed by atoms with van der Waals surface area (Å²) in [7, 11) is -4.38. The van der Waals surface area contributed by atoms with Gasteiger partial charge in [-0.05, 0) is 54.8 Å². The highest BCUT2D eigenvalue weighted by molar-refractivity contribution is 7.89. The summed E-state index contributed by atoms with van der Waals surface area (Å²) in [4.78, 5) is 19.4. The maximum Gasteiger partial charge on any atom is 0.451 e. The number of nitrogens with zero attached hydrogens (tertiary/aromatic N) is 3. The van der Waals surface area contributed by atoms with E-state index in [0.29, 0.717) is 0 Å². The van der Waals surface area contributed by atoms with E-state index in [1.54, 1.807) is 0 Å². The van der Waals surface area contributed by atoms with E-state index in [2.05, 4.69) is 15.3 Å². The molecule has 3 aromatic rings. The monoisotopic (exact) mass is 570 g/mol. The van der Waals surface area contributed by atoms with Crippen LogP contribution in [0.1, 0.15) is 30.7 Å². The average molecular weight is 571 g/mol. The molecule has 1 aromatic heterocycles. The van der Waals surface area contributed by atoms with Gasteiger partial charge in [0, 0.05) is 36.5 Å². The molecule has 1 aliphatic carbocycles. The van der Waals surface area contributed by atoms with E-state index in [1.165, 1.54) is 12.1 Å². The molecule has 2 atom stereocenters. The average Bonchev–Trinajstić information content (AvgIpc) is 3.62. The summed E-state index contributed by atoms with van der Waals surface area (Å²) < 4.78 is 109. The van der Waals surface area contributed by atoms with Crippen LogP contribution in [0.3, 0.4) is 0 Å². The number of nitrogens with one attached hydrogen (secondary N) is 1. The zero-order chi connectivity index (χ0) is 28.2. The Hall–Kier alpha value is -3.52. The van der Waals surface area contributed by atoms with E-state index in [1.807, 2.05) is 0 Å². The fraction of sp³-hybridized carbons (Fsp3) is 0.320. The van der Waals surface area contributed by atoms with Crippen LogP contribution in [0.25, 0.3) is 11.1 Å². The first kappa shape index (κ1) is 27.1. The summed E-state index contributed by atoms with van der Waals surface area (Å²) in [5.74, 6) is -3.59. The lowest BCUT2D eigenvalue weighted by molar-refractivity contribution is -0.145. The van der Waals surface area contributed by atoms with Crippen molar-refractivity contribution in [1.82, 2.24) is 19.6 Å². The smallest absolute Gasteiger partial charge is 0.351 e. The predicted molar refractivity (Wildman–Crippen MR) is 125 cm³/mol. The molecule has 5 rings (SSSR count). The van der Waals surface area contributed by atoms with E-state index in [0.717, 1.165) is 47.0 Å². The van der Waals surface area contributed by atoms with Crippen molar-refractivity contribution in [2.24, 2.45) is 0 Å². The zero-order valence-corrected chi connectivity index (χ0v) is 20.7. The molecule has 1 amide bonds. The minimum Gasteiger partial charge on any atom is -0.351 e. The highest BCUT2D eigenvalue weighted by atomic mass is 32.2. The minimum absolute atomic E-state index is 0.0513. The topological polar surface area (TPSA) is 92.3 Å². The van der Waals surface area contributed by atoms with Crippen LogP contribution < -0.4 is 5.32 Å². The standard InChI is InChI=1S/C25H20F6N4O3S/c26-17-2-4-18(5-3-17)39(37,38)35-20(10-21(28)24(35)7-8-24)22(36)32-11-15-9-14(1-6-19(15)27)16-12-33-23(34-13-16)25(29,30)31/h1-6,9,12-13,20-21H,7-8,10-11H2,(H,32,36)/t20-,21+/m0/s1. The molecular formula is C25H20F6N4O3S. The van der Waals surface area contributed by atoms with Gasteiger partial charge in [-0.15, -0.1) is 0 Å². The number of amides is 1. The van der Waals surface area contributed by atoms with Crippen LogP contribution in [0.2, 0.25) is 0 Å². The molecule has 2 heterocycles. The highest BCUT2D eigenvalue weighted by Crippen LogP contribution is 2.55. The Balaban J connectivity index is 1.36. The predicted octanol–water partition coefficient (Wildman–Crippen LogP) is 4.39. The van der Waals surface area contributed by atoms with Gasteiger partial charge in [-0.25, -0.2) is 31.6 Å². The lowest BCUT2D eigenvalue weighted by Gasteiger charge is -2.29. The molecule has 14 heteroatoms. The Labute approximate surface area is 218 Å². The summed E-state index contributed by atoms with van der Waals surface area (Å²) in [6.45, 7) is -0.412. The molecule has 1 spiro atoms. The summed E-state index contributed by atoms with van der Waals surface area (Å²) in [5, 5.41) is 2.45. The van der Waals surface area contributed by atoms with Crippen LogP contribution in [0.5, 0.6) is 0 Å². The van der Waals surface area contributed by atoms with Gasteiger partial charge in [0.1, 0.15) is 23.8 Å². The van der Waals surface area contributed by atoms with E-state index >= 15 is 4.39 Å². The van der Waals surface area contributed by atoms with Crippen LogP contribution in [0.15, 0.2) is 59.8 Å². The first-order valence-electron chi connectivity index (χ1n) is 11.7. The highest BCUT2D eigenvalue weighted by Gasteiger charge is 2.67. The first-order chi connectivity index (χ1) is 18.3. The number of carbonyl (C=O) groups excluding carboxylic acids is 1. The Bertz CT molecular complexity index is 1510. The molecule has 1 saturated heterocycles. The Morgan fingerprint density at radius 2 is 1.67 bits per heavy atom. The number of rotatable bonds is 6. The second-order valence-corrected chi connectivity index (χ2v) is 11.2. The van der Waals surface area contributed by atoms with Gasteiger partial charge < -0.3 is 5.32 Å². The number of alkyl halides is 4. The van der Waals surface area contributed by atoms with Gasteiger partial charge in [-0.3, -0.25) is 4.79 Å². The van der Waals surface area contributed by atoms with Crippen molar-refractivity contribution in [1.29, 1.82) is 0 Å². The van der Waals surface area contributed by atoms with Gasteiger partial charge >= 0.3 is 6.18 Å². The molecule has 7 nitrogen and oxygen atoms in total. The van der Waals surface area contributed by atoms with Crippen LogP contribution in [0, 0.1) is 11.6 Å². The van der Waals surface area contributed by atoms with Crippen molar-refractivity contribution >= 4 is 15.9 Å². The van der Waals surface area contributed by atoms with Gasteiger partial charge in [0.2, 0.25) is 21.8 Å². The molecule has 39 heavy (non-hydrogen) atoms. The van der Waals surface area contributed by atoms with Crippen LogP contribution in [-0.2, 0) is 27.5 Å². The second kappa shape index (κ2) is 9.59. The lowest BCUT2D eigenvalue weighted by Crippen LogP contribution is -2.50. The van der Waals surface area contributed by atoms with Crippen molar-refractivity contribution in [3.05, 3.63) is 77.9 Å². The van der Waals surface area contributed by atoms with E-state index < -0.39 is 70.3 Å². The van der Waals surface area contributed by atoms with Gasteiger partial charge in [0.25, 0.3) is 0 Å². The van der Waals surface area contributed by atoms with E-state index in [4.69, 9.17) is 0 Å². The molecule has 206 valence electrons. The van der Waals surface area contributed by atoms with Crippen LogP contribution >= 0.6 is 0 Å². The summed E-state index contributed by atoms with van der Waals surface area (Å²) >= 11 is 0. The number of benzene rings is 2. The van der Waals surface area contributed by atoms with Crippen molar-refractivity contribution in [2.75, 3.05) is 0 Å². The van der Waals surface area contributed by atoms with E-state index in [-0.39, 0.29) is 34.4 Å². The molecule has 1 aliphatic heterocycles. The van der Waals surface area contributed by atoms with Crippen molar-refractivity contribution in [3.8, 4) is 11.1 Å². The number of aromatic nitrogens is 2. The van der Waals surface area contributed by atoms with E-state index in [9.17, 15) is 35.2 Å². The third-order valence-corrected chi connectivity index (χ3v) is 8.91. The van der Waals surface area contributed by atoms with Gasteiger partial charge in [0.05, 0.1) is 10.4 Å². The fourth-order valence-corrected chi connectivity index (χ4v) is 6.77. The molecule has 2 aromatic carbocycles. The number of hydrogen-bond donors (Lipinski definition) is 1. The molecular weight excluding hydrogens is 550 g/mol. The van der Waals surface area contributed by atoms with Crippen molar-refractivity contribution in [3.63, 3.8) is 0 Å². The normalized spacial score (nSPS) is 20.8. The van der Waals surface area contributed by atoms with Crippen LogP contribution in [0.4, 0.5) is 26.3 Å². The van der Waals surface area contributed by atoms with Crippen LogP contribution in [-0.4, -0.2) is 46.4 Å². The zero-order valence-electron chi connectivity index (χ0n) is 19.9. The Kier molecular flexibility index (Phi) is 6.66. The summed E-state index contributed by atoms with van der Waals surface area (Å²) in [5.41, 5.74) is -0.983. The quantitative estimate of drug-likeness (QED) is 0.444. The summed E-state index contributed by atoms with van der Waals surface area (Å²) in [6, 6.07) is 6.16. The maximum atomic E-state index is 15.0. The molecule has 0 unspecified atom stereocenters. The fourth-order valence-electron chi connectivity index (χ4n) is 4.78. The van der Waals surface area contributed by atoms with Gasteiger partial charge in [0.15, 0.2) is 0 Å². The number of carbonyl (C=O) groups is 1. The molecule has 0 radical (unpaired) electrons. The van der Waals surface area contributed by atoms with Crippen molar-refractivity contribution < 1.29 is 39.6 Å². The molecule has 2 aliphatic rings. The third kappa shape index (κ3) is 4.98. The SMILES string of the molecule is O=C(NCc1cc(-c2cnc(C(F)(F)F)nc2)ccc1F)[C@@H]1C[C@@H](F)C2(CC2)N1S(=O)(=O)c1ccc(F)cc1.